The van der Waals surface area contributed by atoms with Crippen molar-refractivity contribution in [3.05, 3.63) is 0 Å². The van der Waals surface area contributed by atoms with Crippen LogP contribution in [0.4, 0.5) is 19.4 Å². The largest absolute Gasteiger partial charge is 0.286 e. The third kappa shape index (κ3) is 9.78. The summed E-state index contributed by atoms with van der Waals surface area (Å²) in [5.74, 6) is -4.20. The van der Waals surface area contributed by atoms with Gasteiger partial charge in [-0.2, -0.15) is 0 Å². The van der Waals surface area contributed by atoms with Crippen molar-refractivity contribution < 1.29 is 19.4 Å². The van der Waals surface area contributed by atoms with Gasteiger partial charge in [-0.05, 0) is 12.3 Å². The Labute approximate surface area is 99.8 Å². The van der Waals surface area contributed by atoms with Crippen molar-refractivity contribution in [2.24, 2.45) is 5.92 Å². The molecule has 0 spiro atoms. The predicted octanol–water partition coefficient (Wildman–Crippen LogP) is 5.38. The summed E-state index contributed by atoms with van der Waals surface area (Å²) in [5.41, 5.74) is 0. The second-order valence-electron chi connectivity index (χ2n) is 3.30. The molecule has 15 heavy (non-hydrogen) atoms. The zero-order chi connectivity index (χ0) is 12.4. The van der Waals surface area contributed by atoms with Crippen LogP contribution in [-0.4, -0.2) is 22.9 Å². The molecule has 0 N–H and O–H groups in total. The maximum Gasteiger partial charge on any atom is 0.286 e. The second kappa shape index (κ2) is 4.27. The fraction of sp³-hybridized carbons (Fsp3) is 1.00. The Bertz CT molecular complexity index is 214. The lowest BCUT2D eigenvalue weighted by molar-refractivity contribution is 0.348. The Morgan fingerprint density at radius 3 is 1.67 bits per heavy atom. The zero-order valence-corrected chi connectivity index (χ0v) is 10.5. The van der Waals surface area contributed by atoms with Gasteiger partial charge in [0.15, 0.2) is 0 Å². The normalized spacial score (nSPS) is 21.6. The van der Waals surface area contributed by atoms with E-state index in [1.165, 1.54) is 0 Å². The van der Waals surface area contributed by atoms with Gasteiger partial charge in [-0.3, -0.25) is 0 Å². The van der Waals surface area contributed by atoms with E-state index in [1.54, 1.807) is 0 Å². The Morgan fingerprint density at radius 1 is 0.933 bits per heavy atom. The molecule has 2 atom stereocenters. The monoisotopic (exact) mass is 314 g/mol. The molecule has 0 amide bonds. The fourth-order valence-electron chi connectivity index (χ4n) is 1.05. The highest BCUT2D eigenvalue weighted by molar-refractivity contribution is 8.45. The molecule has 0 heterocycles. The molecular formula is C6H10Cl3F5S. The van der Waals surface area contributed by atoms with E-state index in [2.05, 4.69) is 0 Å². The minimum absolute atomic E-state index is 0.102. The Balaban J connectivity index is 4.49. The lowest BCUT2D eigenvalue weighted by Crippen LogP contribution is -2.23. The smallest absolute Gasteiger partial charge is 0.126 e. The van der Waals surface area contributed by atoms with Crippen molar-refractivity contribution in [2.45, 2.75) is 11.8 Å². The van der Waals surface area contributed by atoms with Gasteiger partial charge in [0.1, 0.15) is 0 Å². The first-order valence-corrected chi connectivity index (χ1v) is 7.48. The summed E-state index contributed by atoms with van der Waals surface area (Å²) < 4.78 is 60.4. The summed E-state index contributed by atoms with van der Waals surface area (Å²) in [7, 11) is -9.40. The number of rotatable bonds is 6. The van der Waals surface area contributed by atoms with Crippen LogP contribution in [0.3, 0.4) is 0 Å². The van der Waals surface area contributed by atoms with Gasteiger partial charge in [-0.25, -0.2) is 0 Å². The Morgan fingerprint density at radius 2 is 1.40 bits per heavy atom. The zero-order valence-electron chi connectivity index (χ0n) is 7.42. The second-order valence-corrected chi connectivity index (χ2v) is 7.13. The van der Waals surface area contributed by atoms with Crippen LogP contribution in [0.25, 0.3) is 0 Å². The molecule has 0 aromatic rings. The molecule has 0 aliphatic rings. The minimum Gasteiger partial charge on any atom is -0.126 e. The van der Waals surface area contributed by atoms with Crippen molar-refractivity contribution in [3.63, 3.8) is 0 Å². The molecule has 0 aromatic heterocycles. The van der Waals surface area contributed by atoms with Crippen molar-refractivity contribution in [3.8, 4) is 0 Å². The number of hydrogen-bond acceptors (Lipinski definition) is 0. The van der Waals surface area contributed by atoms with Gasteiger partial charge in [0.25, 0.3) is 10.2 Å². The van der Waals surface area contributed by atoms with E-state index >= 15 is 0 Å². The molecule has 0 bridgehead atoms. The predicted molar refractivity (Wildman–Crippen MR) is 57.2 cm³/mol. The first kappa shape index (κ1) is 15.9. The van der Waals surface area contributed by atoms with Crippen molar-refractivity contribution in [1.82, 2.24) is 0 Å². The van der Waals surface area contributed by atoms with Crippen LogP contribution in [-0.2, 0) is 0 Å². The molecule has 96 valence electrons. The van der Waals surface area contributed by atoms with Gasteiger partial charge in [-0.15, -0.1) is 34.8 Å². The molecule has 0 aliphatic heterocycles. The van der Waals surface area contributed by atoms with Gasteiger partial charge in [0.05, 0.1) is 5.75 Å². The Kier molecular flexibility index (Phi) is 4.52. The molecular weight excluding hydrogens is 305 g/mol. The number of alkyl halides is 3. The molecule has 2 unspecified atom stereocenters. The van der Waals surface area contributed by atoms with Gasteiger partial charge in [0.2, 0.25) is 0 Å². The highest BCUT2D eigenvalue weighted by Gasteiger charge is 2.63. The van der Waals surface area contributed by atoms with Crippen LogP contribution in [0, 0.1) is 5.92 Å². The summed E-state index contributed by atoms with van der Waals surface area (Å²) in [6, 6.07) is 0. The topological polar surface area (TPSA) is 0 Å². The van der Waals surface area contributed by atoms with Crippen molar-refractivity contribution >= 4 is 45.0 Å². The van der Waals surface area contributed by atoms with E-state index < -0.39 is 33.2 Å². The number of hydrogen-bond donors (Lipinski definition) is 0. The van der Waals surface area contributed by atoms with Gasteiger partial charge >= 0.3 is 0 Å². The van der Waals surface area contributed by atoms with Crippen molar-refractivity contribution in [1.29, 1.82) is 0 Å². The molecule has 0 nitrogen and oxygen atoms in total. The quantitative estimate of drug-likeness (QED) is 0.456. The van der Waals surface area contributed by atoms with Crippen molar-refractivity contribution in [2.75, 3.05) is 17.5 Å². The summed E-state index contributed by atoms with van der Waals surface area (Å²) in [6.07, 6.45) is -0.278. The fourth-order valence-corrected chi connectivity index (χ4v) is 2.93. The van der Waals surface area contributed by atoms with Crippen LogP contribution in [0.1, 0.15) is 6.42 Å². The average molecular weight is 316 g/mol. The molecule has 0 aromatic carbocycles. The van der Waals surface area contributed by atoms with E-state index in [0.29, 0.717) is 0 Å². The molecule has 9 heteroatoms. The van der Waals surface area contributed by atoms with E-state index in [0.717, 1.165) is 0 Å². The number of halogens is 8. The van der Waals surface area contributed by atoms with Crippen LogP contribution >= 0.6 is 45.0 Å². The van der Waals surface area contributed by atoms with Gasteiger partial charge in [-0.1, -0.05) is 19.4 Å². The highest BCUT2D eigenvalue weighted by Crippen LogP contribution is 2.98. The molecule has 0 saturated heterocycles. The van der Waals surface area contributed by atoms with E-state index in [-0.39, 0.29) is 12.3 Å². The minimum atomic E-state index is -9.40. The summed E-state index contributed by atoms with van der Waals surface area (Å²) in [6.45, 7) is 0. The average Bonchev–Trinajstić information content (AvgIpc) is 1.98. The van der Waals surface area contributed by atoms with Crippen LogP contribution < -0.4 is 0 Å². The van der Waals surface area contributed by atoms with Crippen LogP contribution in [0.2, 0.25) is 0 Å². The molecule has 0 aliphatic carbocycles. The van der Waals surface area contributed by atoms with Gasteiger partial charge < -0.3 is 0 Å². The standard InChI is InChI=1S/C6H10Cl3F5S/c7-2-5(1-6(9)3-8)4-15(10,11,12,13)14/h5-6H,1-4H2. The summed E-state index contributed by atoms with van der Waals surface area (Å²) >= 11 is 15.9. The van der Waals surface area contributed by atoms with E-state index in [4.69, 9.17) is 34.8 Å². The third-order valence-electron chi connectivity index (χ3n) is 1.53. The maximum absolute atomic E-state index is 12.1. The molecule has 0 fully saturated rings. The van der Waals surface area contributed by atoms with Crippen LogP contribution in [0.15, 0.2) is 0 Å². The SMILES string of the molecule is FS(F)(F)(F)(F)CC(CCl)CC(Cl)CCl. The first-order chi connectivity index (χ1) is 6.36. The van der Waals surface area contributed by atoms with Gasteiger partial charge in [0, 0.05) is 17.1 Å². The first-order valence-electron chi connectivity index (χ1n) is 3.85. The highest BCUT2D eigenvalue weighted by atomic mass is 35.5. The third-order valence-corrected chi connectivity index (χ3v) is 3.93. The lowest BCUT2D eigenvalue weighted by atomic mass is 10.1. The summed E-state index contributed by atoms with van der Waals surface area (Å²) in [4.78, 5) is 0. The lowest BCUT2D eigenvalue weighted by Gasteiger charge is -2.42. The van der Waals surface area contributed by atoms with E-state index in [9.17, 15) is 19.4 Å². The molecule has 0 saturated carbocycles. The molecule has 0 radical (unpaired) electrons. The van der Waals surface area contributed by atoms with Crippen LogP contribution in [0.5, 0.6) is 0 Å². The summed E-state index contributed by atoms with van der Waals surface area (Å²) in [5, 5.41) is -0.782. The maximum atomic E-state index is 12.1. The van der Waals surface area contributed by atoms with E-state index in [1.807, 2.05) is 0 Å². The molecule has 0 rings (SSSR count). The Hall–Kier alpha value is 0.870.